The lowest BCUT2D eigenvalue weighted by Crippen LogP contribution is -2.45. The van der Waals surface area contributed by atoms with Gasteiger partial charge in [-0.05, 0) is 48.8 Å². The second-order valence-electron chi connectivity index (χ2n) is 9.73. The molecule has 0 N–H and O–H groups in total. The number of carbonyl (C=O) groups excluding carboxylic acids is 3. The van der Waals surface area contributed by atoms with E-state index in [4.69, 9.17) is 4.74 Å². The van der Waals surface area contributed by atoms with Crippen LogP contribution in [0.5, 0.6) is 0 Å². The zero-order valence-electron chi connectivity index (χ0n) is 18.8. The molecule has 3 fully saturated rings. The van der Waals surface area contributed by atoms with Crippen molar-refractivity contribution >= 4 is 23.4 Å². The maximum Gasteiger partial charge on any atom is 0.243 e. The zero-order chi connectivity index (χ0) is 22.4. The van der Waals surface area contributed by atoms with E-state index in [9.17, 15) is 14.4 Å². The van der Waals surface area contributed by atoms with Crippen LogP contribution < -0.4 is 4.90 Å². The van der Waals surface area contributed by atoms with Gasteiger partial charge in [0.05, 0.1) is 17.9 Å². The number of nitrogens with zero attached hydrogens (tertiary/aromatic N) is 3. The molecule has 5 rings (SSSR count). The van der Waals surface area contributed by atoms with E-state index in [1.165, 1.54) is 4.90 Å². The molecular formula is C25H31N3O4. The molecule has 5 atom stereocenters. The van der Waals surface area contributed by atoms with Gasteiger partial charge in [-0.1, -0.05) is 24.3 Å². The number of fused-ring (bicyclic) bond motifs is 5. The van der Waals surface area contributed by atoms with Crippen molar-refractivity contribution in [1.82, 2.24) is 9.80 Å². The first-order valence-electron chi connectivity index (χ1n) is 11.6. The van der Waals surface area contributed by atoms with Crippen molar-refractivity contribution in [2.75, 3.05) is 38.7 Å². The highest BCUT2D eigenvalue weighted by Crippen LogP contribution is 2.52. The van der Waals surface area contributed by atoms with E-state index in [-0.39, 0.29) is 54.0 Å². The summed E-state index contributed by atoms with van der Waals surface area (Å²) in [5.74, 6) is -0.764. The third-order valence-electron chi connectivity index (χ3n) is 7.48. The van der Waals surface area contributed by atoms with Crippen LogP contribution in [0.4, 0.5) is 5.69 Å². The number of hydrogen-bond donors (Lipinski definition) is 0. The van der Waals surface area contributed by atoms with Crippen molar-refractivity contribution in [3.8, 4) is 0 Å². The third kappa shape index (κ3) is 3.72. The lowest BCUT2D eigenvalue weighted by Gasteiger charge is -2.28. The Morgan fingerprint density at radius 3 is 2.28 bits per heavy atom. The number of hydrogen-bond acceptors (Lipinski definition) is 5. The van der Waals surface area contributed by atoms with E-state index in [0.717, 1.165) is 30.5 Å². The molecular weight excluding hydrogens is 406 g/mol. The topological polar surface area (TPSA) is 70.2 Å². The lowest BCUT2D eigenvalue weighted by molar-refractivity contribution is -0.147. The van der Waals surface area contributed by atoms with Crippen molar-refractivity contribution in [3.63, 3.8) is 0 Å². The lowest BCUT2D eigenvalue weighted by atomic mass is 9.85. The fourth-order valence-electron chi connectivity index (χ4n) is 5.76. The van der Waals surface area contributed by atoms with E-state index in [1.807, 2.05) is 43.3 Å². The second-order valence-corrected chi connectivity index (χ2v) is 9.73. The van der Waals surface area contributed by atoms with Gasteiger partial charge in [0.25, 0.3) is 0 Å². The van der Waals surface area contributed by atoms with Gasteiger partial charge >= 0.3 is 0 Å². The molecule has 0 aromatic heterocycles. The first-order chi connectivity index (χ1) is 15.4. The summed E-state index contributed by atoms with van der Waals surface area (Å²) < 4.78 is 5.77. The van der Waals surface area contributed by atoms with E-state index in [2.05, 4.69) is 12.2 Å². The van der Waals surface area contributed by atoms with Gasteiger partial charge in [0.15, 0.2) is 0 Å². The molecule has 3 amide bonds. The number of carbonyl (C=O) groups is 3. The van der Waals surface area contributed by atoms with Crippen LogP contribution in [-0.4, -0.2) is 67.4 Å². The molecule has 1 aromatic rings. The highest BCUT2D eigenvalue weighted by molar-refractivity contribution is 6.08. The summed E-state index contributed by atoms with van der Waals surface area (Å²) in [7, 11) is 3.98. The molecule has 0 spiro atoms. The van der Waals surface area contributed by atoms with Gasteiger partial charge in [0.2, 0.25) is 17.7 Å². The summed E-state index contributed by atoms with van der Waals surface area (Å²) in [6.07, 6.45) is 6.95. The molecule has 1 aromatic carbocycles. The van der Waals surface area contributed by atoms with Crippen LogP contribution in [0, 0.1) is 23.7 Å². The zero-order valence-corrected chi connectivity index (χ0v) is 18.8. The minimum atomic E-state index is -0.268. The fourth-order valence-corrected chi connectivity index (χ4v) is 5.76. The predicted octanol–water partition coefficient (Wildman–Crippen LogP) is 2.07. The first kappa shape index (κ1) is 21.2. The smallest absolute Gasteiger partial charge is 0.243 e. The number of ether oxygens (including phenoxy) is 1. The van der Waals surface area contributed by atoms with Crippen molar-refractivity contribution in [2.24, 2.45) is 23.7 Å². The third-order valence-corrected chi connectivity index (χ3v) is 7.48. The summed E-state index contributed by atoms with van der Waals surface area (Å²) >= 11 is 0. The number of rotatable bonds is 7. The van der Waals surface area contributed by atoms with Crippen LogP contribution in [-0.2, 0) is 25.7 Å². The van der Waals surface area contributed by atoms with Gasteiger partial charge in [0.1, 0.15) is 6.54 Å². The monoisotopic (exact) mass is 437 g/mol. The number of allylic oxidation sites excluding steroid dienone is 2. The predicted molar refractivity (Wildman–Crippen MR) is 120 cm³/mol. The SMILES string of the molecule is CN(C)c1ccc(CN(CC2CCCO2)C(=O)CN2C(=O)C3C4C=CC(C4)C3C2=O)cc1. The van der Waals surface area contributed by atoms with E-state index in [0.29, 0.717) is 19.7 Å². The molecule has 32 heavy (non-hydrogen) atoms. The van der Waals surface area contributed by atoms with Gasteiger partial charge in [0, 0.05) is 39.5 Å². The molecule has 5 unspecified atom stereocenters. The van der Waals surface area contributed by atoms with Gasteiger partial charge in [-0.3, -0.25) is 19.3 Å². The molecule has 7 nitrogen and oxygen atoms in total. The number of amides is 3. The van der Waals surface area contributed by atoms with Gasteiger partial charge < -0.3 is 14.5 Å². The Hall–Kier alpha value is -2.67. The Balaban J connectivity index is 1.30. The Bertz CT molecular complexity index is 905. The highest BCUT2D eigenvalue weighted by atomic mass is 16.5. The number of likely N-dealkylation sites (tertiary alicyclic amines) is 1. The standard InChI is InChI=1S/C25H31N3O4/c1-26(2)19-9-5-16(6-10-19)13-27(14-20-4-3-11-32-20)21(29)15-28-24(30)22-17-7-8-18(12-17)23(22)25(28)31/h5-10,17-18,20,22-23H,3-4,11-15H2,1-2H3. The minimum absolute atomic E-state index is 0.00408. The second kappa shape index (κ2) is 8.35. The van der Waals surface area contributed by atoms with Gasteiger partial charge in [-0.2, -0.15) is 0 Å². The van der Waals surface area contributed by atoms with E-state index >= 15 is 0 Å². The molecule has 2 aliphatic carbocycles. The normalized spacial score (nSPS) is 30.3. The van der Waals surface area contributed by atoms with Gasteiger partial charge in [-0.25, -0.2) is 0 Å². The van der Waals surface area contributed by atoms with Crippen molar-refractivity contribution in [3.05, 3.63) is 42.0 Å². The van der Waals surface area contributed by atoms with E-state index in [1.54, 1.807) is 4.90 Å². The average Bonchev–Trinajstić information content (AvgIpc) is 3.56. The fraction of sp³-hybridized carbons (Fsp3) is 0.560. The molecule has 2 heterocycles. The van der Waals surface area contributed by atoms with E-state index < -0.39 is 0 Å². The van der Waals surface area contributed by atoms with Gasteiger partial charge in [-0.15, -0.1) is 0 Å². The molecule has 0 radical (unpaired) electrons. The molecule has 7 heteroatoms. The van der Waals surface area contributed by atoms with Crippen LogP contribution in [0.2, 0.25) is 0 Å². The Labute approximate surface area is 189 Å². The van der Waals surface area contributed by atoms with Crippen LogP contribution in [0.15, 0.2) is 36.4 Å². The Morgan fingerprint density at radius 2 is 1.72 bits per heavy atom. The summed E-state index contributed by atoms with van der Waals surface area (Å²) in [6.45, 7) is 1.45. The van der Waals surface area contributed by atoms with Crippen molar-refractivity contribution in [1.29, 1.82) is 0 Å². The maximum atomic E-state index is 13.4. The Kier molecular flexibility index (Phi) is 5.53. The number of anilines is 1. The summed E-state index contributed by atoms with van der Waals surface area (Å²) in [6, 6.07) is 8.10. The molecule has 4 aliphatic rings. The van der Waals surface area contributed by atoms with Crippen LogP contribution in [0.25, 0.3) is 0 Å². The van der Waals surface area contributed by atoms with Crippen molar-refractivity contribution < 1.29 is 19.1 Å². The largest absolute Gasteiger partial charge is 0.378 e. The number of benzene rings is 1. The molecule has 2 bridgehead atoms. The van der Waals surface area contributed by atoms with Crippen LogP contribution in [0.1, 0.15) is 24.8 Å². The minimum Gasteiger partial charge on any atom is -0.378 e. The average molecular weight is 438 g/mol. The first-order valence-corrected chi connectivity index (χ1v) is 11.6. The highest BCUT2D eigenvalue weighted by Gasteiger charge is 2.59. The summed E-state index contributed by atoms with van der Waals surface area (Å²) in [5, 5.41) is 0. The van der Waals surface area contributed by atoms with Crippen molar-refractivity contribution in [2.45, 2.75) is 31.9 Å². The molecule has 2 aliphatic heterocycles. The quantitative estimate of drug-likeness (QED) is 0.483. The maximum absolute atomic E-state index is 13.4. The molecule has 1 saturated carbocycles. The molecule has 170 valence electrons. The Morgan fingerprint density at radius 1 is 1.06 bits per heavy atom. The number of imide groups is 1. The molecule has 2 saturated heterocycles. The van der Waals surface area contributed by atoms with Crippen LogP contribution in [0.3, 0.4) is 0 Å². The summed E-state index contributed by atoms with van der Waals surface area (Å²) in [5.41, 5.74) is 2.11. The van der Waals surface area contributed by atoms with Crippen LogP contribution >= 0.6 is 0 Å². The summed E-state index contributed by atoms with van der Waals surface area (Å²) in [4.78, 5) is 44.4.